The summed E-state index contributed by atoms with van der Waals surface area (Å²) in [5.74, 6) is -1.24. The second kappa shape index (κ2) is 6.16. The molecule has 0 spiro atoms. The molecule has 0 aromatic heterocycles. The van der Waals surface area contributed by atoms with Gasteiger partial charge in [-0.25, -0.2) is 0 Å². The van der Waals surface area contributed by atoms with Crippen molar-refractivity contribution in [3.05, 3.63) is 24.3 Å². The Kier molecular flexibility index (Phi) is 4.50. The number of para-hydroxylation sites is 2. The number of carbonyl (C=O) groups excluding carboxylic acids is 1. The maximum atomic E-state index is 12.1. The second-order valence-electron chi connectivity index (χ2n) is 6.13. The first-order valence-corrected chi connectivity index (χ1v) is 7.27. The third-order valence-corrected chi connectivity index (χ3v) is 3.81. The molecule has 5 nitrogen and oxygen atoms in total. The van der Waals surface area contributed by atoms with Gasteiger partial charge in [0, 0.05) is 19.5 Å². The Morgan fingerprint density at radius 2 is 1.86 bits per heavy atom. The normalized spacial score (nSPS) is 15.0. The van der Waals surface area contributed by atoms with Crippen LogP contribution in [-0.4, -0.2) is 30.1 Å². The Morgan fingerprint density at radius 1 is 1.24 bits per heavy atom. The van der Waals surface area contributed by atoms with Crippen LogP contribution < -0.4 is 10.2 Å². The standard InChI is InChI=1S/C16H22N2O3/c1-16(2,15(20)21)11-14(19)17-12-7-3-4-8-13(12)18-9-5-6-10-18/h3-4,7-8H,5-6,9-11H2,1-2H3,(H,17,19)(H,20,21). The average molecular weight is 290 g/mol. The fraction of sp³-hybridized carbons (Fsp3) is 0.500. The zero-order chi connectivity index (χ0) is 15.5. The number of carbonyl (C=O) groups is 2. The van der Waals surface area contributed by atoms with E-state index in [1.807, 2.05) is 24.3 Å². The van der Waals surface area contributed by atoms with E-state index in [1.54, 1.807) is 13.8 Å². The first-order chi connectivity index (χ1) is 9.90. The van der Waals surface area contributed by atoms with Crippen molar-refractivity contribution in [2.24, 2.45) is 5.41 Å². The summed E-state index contributed by atoms with van der Waals surface area (Å²) in [6.07, 6.45) is 2.28. The van der Waals surface area contributed by atoms with E-state index in [-0.39, 0.29) is 12.3 Å². The van der Waals surface area contributed by atoms with Crippen LogP contribution in [0.25, 0.3) is 0 Å². The van der Waals surface area contributed by atoms with Crippen LogP contribution in [0.5, 0.6) is 0 Å². The monoisotopic (exact) mass is 290 g/mol. The molecule has 0 unspecified atom stereocenters. The highest BCUT2D eigenvalue weighted by Gasteiger charge is 2.30. The minimum Gasteiger partial charge on any atom is -0.481 e. The first-order valence-electron chi connectivity index (χ1n) is 7.27. The molecule has 1 heterocycles. The predicted octanol–water partition coefficient (Wildman–Crippen LogP) is 2.73. The van der Waals surface area contributed by atoms with Gasteiger partial charge in [-0.3, -0.25) is 9.59 Å². The number of hydrogen-bond donors (Lipinski definition) is 2. The van der Waals surface area contributed by atoms with Gasteiger partial charge in [0.1, 0.15) is 0 Å². The van der Waals surface area contributed by atoms with E-state index in [4.69, 9.17) is 5.11 Å². The van der Waals surface area contributed by atoms with Gasteiger partial charge >= 0.3 is 5.97 Å². The maximum absolute atomic E-state index is 12.1. The SMILES string of the molecule is CC(C)(CC(=O)Nc1ccccc1N1CCCC1)C(=O)O. The lowest BCUT2D eigenvalue weighted by Crippen LogP contribution is -2.30. The van der Waals surface area contributed by atoms with Crippen LogP contribution in [0.15, 0.2) is 24.3 Å². The number of amides is 1. The molecule has 1 aromatic carbocycles. The fourth-order valence-electron chi connectivity index (χ4n) is 2.48. The molecule has 0 aliphatic carbocycles. The summed E-state index contributed by atoms with van der Waals surface area (Å²) >= 11 is 0. The Hall–Kier alpha value is -2.04. The number of nitrogens with one attached hydrogen (secondary N) is 1. The zero-order valence-electron chi connectivity index (χ0n) is 12.6. The molecule has 2 rings (SSSR count). The van der Waals surface area contributed by atoms with Crippen molar-refractivity contribution in [3.63, 3.8) is 0 Å². The van der Waals surface area contributed by atoms with E-state index in [0.717, 1.165) is 37.3 Å². The highest BCUT2D eigenvalue weighted by Crippen LogP contribution is 2.29. The number of benzene rings is 1. The predicted molar refractivity (Wildman–Crippen MR) is 82.6 cm³/mol. The van der Waals surface area contributed by atoms with Gasteiger partial charge in [0.05, 0.1) is 16.8 Å². The minimum absolute atomic E-state index is 0.0450. The number of nitrogens with zero attached hydrogens (tertiary/aromatic N) is 1. The van der Waals surface area contributed by atoms with Crippen LogP contribution in [0, 0.1) is 5.41 Å². The van der Waals surface area contributed by atoms with E-state index < -0.39 is 11.4 Å². The molecule has 0 bridgehead atoms. The van der Waals surface area contributed by atoms with Gasteiger partial charge in [-0.1, -0.05) is 12.1 Å². The highest BCUT2D eigenvalue weighted by molar-refractivity contribution is 5.96. The molecule has 1 aliphatic heterocycles. The van der Waals surface area contributed by atoms with Crippen LogP contribution >= 0.6 is 0 Å². The maximum Gasteiger partial charge on any atom is 0.309 e. The van der Waals surface area contributed by atoms with Crippen molar-refractivity contribution >= 4 is 23.3 Å². The van der Waals surface area contributed by atoms with Crippen molar-refractivity contribution in [1.29, 1.82) is 0 Å². The van der Waals surface area contributed by atoms with Gasteiger partial charge < -0.3 is 15.3 Å². The number of hydrogen-bond acceptors (Lipinski definition) is 3. The molecule has 21 heavy (non-hydrogen) atoms. The van der Waals surface area contributed by atoms with Gasteiger partial charge in [0.25, 0.3) is 0 Å². The molecule has 0 saturated carbocycles. The first kappa shape index (κ1) is 15.4. The average Bonchev–Trinajstić information content (AvgIpc) is 2.92. The Balaban J connectivity index is 2.09. The summed E-state index contributed by atoms with van der Waals surface area (Å²) < 4.78 is 0. The van der Waals surface area contributed by atoms with E-state index in [9.17, 15) is 9.59 Å². The van der Waals surface area contributed by atoms with Gasteiger partial charge in [-0.05, 0) is 38.8 Å². The lowest BCUT2D eigenvalue weighted by molar-refractivity contribution is -0.148. The molecular formula is C16H22N2O3. The summed E-state index contributed by atoms with van der Waals surface area (Å²) in [5, 5.41) is 11.9. The van der Waals surface area contributed by atoms with Crippen molar-refractivity contribution in [2.45, 2.75) is 33.1 Å². The van der Waals surface area contributed by atoms with Crippen LogP contribution in [-0.2, 0) is 9.59 Å². The van der Waals surface area contributed by atoms with Crippen molar-refractivity contribution in [3.8, 4) is 0 Å². The van der Waals surface area contributed by atoms with E-state index in [1.165, 1.54) is 0 Å². The fourth-order valence-corrected chi connectivity index (χ4v) is 2.48. The Bertz CT molecular complexity index is 534. The number of carboxylic acids is 1. The zero-order valence-corrected chi connectivity index (χ0v) is 12.6. The molecule has 2 N–H and O–H groups in total. The topological polar surface area (TPSA) is 69.6 Å². The molecule has 114 valence electrons. The summed E-state index contributed by atoms with van der Waals surface area (Å²) in [5.41, 5.74) is 0.703. The molecule has 1 aliphatic rings. The van der Waals surface area contributed by atoms with Crippen molar-refractivity contribution < 1.29 is 14.7 Å². The molecule has 0 radical (unpaired) electrons. The largest absolute Gasteiger partial charge is 0.481 e. The van der Waals surface area contributed by atoms with E-state index in [2.05, 4.69) is 10.2 Å². The van der Waals surface area contributed by atoms with Gasteiger partial charge in [0.2, 0.25) is 5.91 Å². The lowest BCUT2D eigenvalue weighted by atomic mass is 9.89. The van der Waals surface area contributed by atoms with Crippen LogP contribution in [0.3, 0.4) is 0 Å². The van der Waals surface area contributed by atoms with Gasteiger partial charge in [-0.15, -0.1) is 0 Å². The van der Waals surface area contributed by atoms with Gasteiger partial charge in [-0.2, -0.15) is 0 Å². The van der Waals surface area contributed by atoms with Crippen molar-refractivity contribution in [1.82, 2.24) is 0 Å². The van der Waals surface area contributed by atoms with Crippen LogP contribution in [0.4, 0.5) is 11.4 Å². The Morgan fingerprint density at radius 3 is 2.48 bits per heavy atom. The highest BCUT2D eigenvalue weighted by atomic mass is 16.4. The summed E-state index contributed by atoms with van der Waals surface area (Å²) in [7, 11) is 0. The van der Waals surface area contributed by atoms with Crippen LogP contribution in [0.2, 0.25) is 0 Å². The van der Waals surface area contributed by atoms with E-state index >= 15 is 0 Å². The van der Waals surface area contributed by atoms with E-state index in [0.29, 0.717) is 0 Å². The molecule has 1 fully saturated rings. The smallest absolute Gasteiger partial charge is 0.309 e. The third-order valence-electron chi connectivity index (χ3n) is 3.81. The Labute approximate surface area is 125 Å². The molecular weight excluding hydrogens is 268 g/mol. The number of anilines is 2. The number of carboxylic acid groups (broad SMARTS) is 1. The molecule has 5 heteroatoms. The summed E-state index contributed by atoms with van der Waals surface area (Å²) in [6.45, 7) is 5.10. The molecule has 1 amide bonds. The van der Waals surface area contributed by atoms with Gasteiger partial charge in [0.15, 0.2) is 0 Å². The van der Waals surface area contributed by atoms with Crippen molar-refractivity contribution in [2.75, 3.05) is 23.3 Å². The molecule has 1 saturated heterocycles. The molecule has 1 aromatic rings. The summed E-state index contributed by atoms with van der Waals surface area (Å²) in [4.78, 5) is 25.5. The lowest BCUT2D eigenvalue weighted by Gasteiger charge is -2.23. The van der Waals surface area contributed by atoms with Crippen LogP contribution in [0.1, 0.15) is 33.1 Å². The quantitative estimate of drug-likeness (QED) is 0.875. The minimum atomic E-state index is -1.06. The molecule has 0 atom stereocenters. The second-order valence-corrected chi connectivity index (χ2v) is 6.13. The summed E-state index contributed by atoms with van der Waals surface area (Å²) in [6, 6.07) is 7.67. The number of rotatable bonds is 5. The number of aliphatic carboxylic acids is 1. The third kappa shape index (κ3) is 3.74.